The molecule has 27 heavy (non-hydrogen) atoms. The number of rotatable bonds is 4. The van der Waals surface area contributed by atoms with E-state index in [0.717, 1.165) is 40.8 Å². The molecule has 146 valence electrons. The second kappa shape index (κ2) is 7.27. The number of nitrogens with two attached hydrogens (primary N) is 1. The van der Waals surface area contributed by atoms with Crippen molar-refractivity contribution >= 4 is 44.1 Å². The van der Waals surface area contributed by atoms with Crippen LogP contribution in [0.25, 0.3) is 0 Å². The minimum absolute atomic E-state index is 0.179. The van der Waals surface area contributed by atoms with E-state index in [0.29, 0.717) is 10.6 Å². The molecule has 0 unspecified atom stereocenters. The fraction of sp³-hybridized carbons (Fsp3) is 0.438. The number of hydrogen-bond donors (Lipinski definition) is 2. The lowest BCUT2D eigenvalue weighted by atomic mass is 9.95. The van der Waals surface area contributed by atoms with Crippen molar-refractivity contribution in [3.8, 4) is 0 Å². The molecule has 0 aromatic carbocycles. The van der Waals surface area contributed by atoms with Crippen LogP contribution in [0.5, 0.6) is 0 Å². The normalized spacial score (nSPS) is 14.1. The molecule has 11 heteroatoms. The standard InChI is InChI=1S/C16H16BrF3N4O2S/c1-7-12(17)13(16(18,19)20)23-24(7)6-10(25)22-15-11(14(21)26)8-4-2-3-5-9(8)27-15/h2-6H2,1H3,(H2,21,26)(H,22,25). The molecule has 1 aliphatic carbocycles. The van der Waals surface area contributed by atoms with Gasteiger partial charge in [0, 0.05) is 4.88 Å². The number of hydrogen-bond acceptors (Lipinski definition) is 4. The van der Waals surface area contributed by atoms with Crippen LogP contribution in [-0.4, -0.2) is 21.6 Å². The van der Waals surface area contributed by atoms with Crippen molar-refractivity contribution in [2.24, 2.45) is 5.73 Å². The summed E-state index contributed by atoms with van der Waals surface area (Å²) in [5, 5.41) is 6.44. The fourth-order valence-corrected chi connectivity index (χ4v) is 4.90. The number of carbonyl (C=O) groups is 2. The summed E-state index contributed by atoms with van der Waals surface area (Å²) in [7, 11) is 0. The van der Waals surface area contributed by atoms with Crippen LogP contribution >= 0.6 is 27.3 Å². The number of halogens is 4. The Labute approximate surface area is 165 Å². The summed E-state index contributed by atoms with van der Waals surface area (Å²) in [4.78, 5) is 25.2. The monoisotopic (exact) mass is 464 g/mol. The molecule has 0 spiro atoms. The Morgan fingerprint density at radius 3 is 2.59 bits per heavy atom. The number of alkyl halides is 3. The summed E-state index contributed by atoms with van der Waals surface area (Å²) < 4.78 is 39.6. The molecule has 2 aromatic heterocycles. The van der Waals surface area contributed by atoms with Crippen LogP contribution in [0.3, 0.4) is 0 Å². The summed E-state index contributed by atoms with van der Waals surface area (Å²) in [6.07, 6.45) is -1.15. The Kier molecular flexibility index (Phi) is 5.35. The average molecular weight is 465 g/mol. The molecule has 3 N–H and O–H groups in total. The van der Waals surface area contributed by atoms with Gasteiger partial charge in [0.25, 0.3) is 5.91 Å². The van der Waals surface area contributed by atoms with Crippen LogP contribution in [0, 0.1) is 6.92 Å². The van der Waals surface area contributed by atoms with Gasteiger partial charge in [-0.2, -0.15) is 18.3 Å². The Bertz CT molecular complexity index is 920. The largest absolute Gasteiger partial charge is 0.436 e. The minimum Gasteiger partial charge on any atom is -0.365 e. The van der Waals surface area contributed by atoms with E-state index < -0.39 is 30.2 Å². The lowest BCUT2D eigenvalue weighted by molar-refractivity contribution is -0.142. The van der Waals surface area contributed by atoms with E-state index in [4.69, 9.17) is 5.73 Å². The lowest BCUT2D eigenvalue weighted by Gasteiger charge is -2.11. The molecule has 2 heterocycles. The SMILES string of the molecule is Cc1c(Br)c(C(F)(F)F)nn1CC(=O)Nc1sc2c(c1C(N)=O)CCCC2. The highest BCUT2D eigenvalue weighted by molar-refractivity contribution is 9.10. The van der Waals surface area contributed by atoms with Crippen molar-refractivity contribution in [2.45, 2.75) is 45.3 Å². The highest BCUT2D eigenvalue weighted by Crippen LogP contribution is 2.38. The third kappa shape index (κ3) is 3.88. The van der Waals surface area contributed by atoms with Gasteiger partial charge in [-0.3, -0.25) is 14.3 Å². The van der Waals surface area contributed by atoms with Gasteiger partial charge in [-0.15, -0.1) is 11.3 Å². The summed E-state index contributed by atoms with van der Waals surface area (Å²) in [6, 6.07) is 0. The molecule has 0 atom stereocenters. The average Bonchev–Trinajstić information content (AvgIpc) is 3.06. The van der Waals surface area contributed by atoms with Crippen molar-refractivity contribution in [1.82, 2.24) is 9.78 Å². The van der Waals surface area contributed by atoms with Gasteiger partial charge in [0.15, 0.2) is 5.69 Å². The van der Waals surface area contributed by atoms with Gasteiger partial charge in [0.05, 0.1) is 15.7 Å². The van der Waals surface area contributed by atoms with E-state index in [2.05, 4.69) is 26.3 Å². The molecule has 6 nitrogen and oxygen atoms in total. The first-order valence-electron chi connectivity index (χ1n) is 8.14. The molecule has 0 bridgehead atoms. The van der Waals surface area contributed by atoms with Crippen molar-refractivity contribution < 1.29 is 22.8 Å². The Morgan fingerprint density at radius 2 is 2.00 bits per heavy atom. The molecule has 0 radical (unpaired) electrons. The molecule has 0 saturated heterocycles. The number of fused-ring (bicyclic) bond motifs is 1. The number of carbonyl (C=O) groups excluding carboxylic acids is 2. The quantitative estimate of drug-likeness (QED) is 0.723. The molecular weight excluding hydrogens is 449 g/mol. The molecule has 2 aromatic rings. The number of aryl methyl sites for hydroxylation is 1. The number of nitrogens with zero attached hydrogens (tertiary/aromatic N) is 2. The van der Waals surface area contributed by atoms with Gasteiger partial charge in [0.1, 0.15) is 11.5 Å². The molecule has 2 amide bonds. The zero-order chi connectivity index (χ0) is 19.9. The highest BCUT2D eigenvalue weighted by atomic mass is 79.9. The zero-order valence-corrected chi connectivity index (χ0v) is 16.6. The van der Waals surface area contributed by atoms with Crippen LogP contribution in [0.1, 0.15) is 45.0 Å². The molecule has 0 fully saturated rings. The molecule has 3 rings (SSSR count). The molecule has 1 aliphatic rings. The predicted molar refractivity (Wildman–Crippen MR) is 97.8 cm³/mol. The summed E-state index contributed by atoms with van der Waals surface area (Å²) >= 11 is 4.16. The summed E-state index contributed by atoms with van der Waals surface area (Å²) in [5.74, 6) is -1.20. The van der Waals surface area contributed by atoms with Gasteiger partial charge in [-0.1, -0.05) is 0 Å². The number of aromatic nitrogens is 2. The van der Waals surface area contributed by atoms with Crippen LogP contribution < -0.4 is 11.1 Å². The smallest absolute Gasteiger partial charge is 0.365 e. The van der Waals surface area contributed by atoms with E-state index in [9.17, 15) is 22.8 Å². The van der Waals surface area contributed by atoms with Crippen molar-refractivity contribution in [2.75, 3.05) is 5.32 Å². The van der Waals surface area contributed by atoms with E-state index in [1.807, 2.05) is 0 Å². The van der Waals surface area contributed by atoms with E-state index in [-0.39, 0.29) is 10.2 Å². The topological polar surface area (TPSA) is 90.0 Å². The summed E-state index contributed by atoms with van der Waals surface area (Å²) in [6.45, 7) is 1.01. The fourth-order valence-electron chi connectivity index (χ4n) is 3.08. The van der Waals surface area contributed by atoms with E-state index in [1.165, 1.54) is 18.3 Å². The maximum atomic E-state index is 12.9. The number of anilines is 1. The number of nitrogens with one attached hydrogen (secondary N) is 1. The number of amides is 2. The number of thiophene rings is 1. The van der Waals surface area contributed by atoms with Crippen molar-refractivity contribution in [3.05, 3.63) is 31.9 Å². The van der Waals surface area contributed by atoms with E-state index >= 15 is 0 Å². The summed E-state index contributed by atoms with van der Waals surface area (Å²) in [5.41, 5.74) is 5.74. The first-order chi connectivity index (χ1) is 12.6. The zero-order valence-electron chi connectivity index (χ0n) is 14.2. The predicted octanol–water partition coefficient (Wildman–Crippen LogP) is 3.65. The van der Waals surface area contributed by atoms with Crippen molar-refractivity contribution in [3.63, 3.8) is 0 Å². The Balaban J connectivity index is 1.83. The molecular formula is C16H16BrF3N4O2S. The minimum atomic E-state index is -4.63. The van der Waals surface area contributed by atoms with Crippen LogP contribution in [0.2, 0.25) is 0 Å². The van der Waals surface area contributed by atoms with Gasteiger partial charge >= 0.3 is 6.18 Å². The first kappa shape index (κ1) is 19.9. The third-order valence-electron chi connectivity index (χ3n) is 4.37. The molecule has 0 aliphatic heterocycles. The van der Waals surface area contributed by atoms with E-state index in [1.54, 1.807) is 0 Å². The van der Waals surface area contributed by atoms with Gasteiger partial charge in [0.2, 0.25) is 5.91 Å². The maximum absolute atomic E-state index is 12.9. The van der Waals surface area contributed by atoms with Gasteiger partial charge in [-0.25, -0.2) is 0 Å². The number of primary amides is 1. The second-order valence-electron chi connectivity index (χ2n) is 6.23. The second-order valence-corrected chi connectivity index (χ2v) is 8.13. The Morgan fingerprint density at radius 1 is 1.33 bits per heavy atom. The first-order valence-corrected chi connectivity index (χ1v) is 9.74. The van der Waals surface area contributed by atoms with Crippen LogP contribution in [-0.2, 0) is 30.4 Å². The van der Waals surface area contributed by atoms with Crippen LogP contribution in [0.4, 0.5) is 18.2 Å². The lowest BCUT2D eigenvalue weighted by Crippen LogP contribution is -2.22. The van der Waals surface area contributed by atoms with Crippen LogP contribution in [0.15, 0.2) is 4.47 Å². The maximum Gasteiger partial charge on any atom is 0.436 e. The highest BCUT2D eigenvalue weighted by Gasteiger charge is 2.38. The van der Waals surface area contributed by atoms with Crippen molar-refractivity contribution in [1.29, 1.82) is 0 Å². The Hall–Kier alpha value is -1.88. The third-order valence-corrected chi connectivity index (χ3v) is 6.52. The van der Waals surface area contributed by atoms with Gasteiger partial charge < -0.3 is 11.1 Å². The molecule has 0 saturated carbocycles. The van der Waals surface area contributed by atoms with Gasteiger partial charge in [-0.05, 0) is 54.1 Å².